The Hall–Kier alpha value is -0.800. The maximum absolute atomic E-state index is 11.1. The van der Waals surface area contributed by atoms with Crippen LogP contribution in [0.4, 0.5) is 0 Å². The lowest BCUT2D eigenvalue weighted by Gasteiger charge is -2.07. The fraction of sp³-hybridized carbons (Fsp3) is 0.444. The molecule has 0 unspecified atom stereocenters. The highest BCUT2D eigenvalue weighted by Crippen LogP contribution is 2.39. The van der Waals surface area contributed by atoms with Crippen molar-refractivity contribution < 1.29 is 14.3 Å². The second kappa shape index (κ2) is 2.36. The zero-order valence-corrected chi connectivity index (χ0v) is 7.45. The van der Waals surface area contributed by atoms with Gasteiger partial charge in [-0.2, -0.15) is 0 Å². The maximum Gasteiger partial charge on any atom is 0.350 e. The molecular weight excluding hydrogens is 192 g/mol. The van der Waals surface area contributed by atoms with E-state index in [0.29, 0.717) is 0 Å². The summed E-state index contributed by atoms with van der Waals surface area (Å²) in [6, 6.07) is 0. The van der Waals surface area contributed by atoms with Crippen molar-refractivity contribution in [2.45, 2.75) is 24.7 Å². The molecule has 0 aromatic rings. The van der Waals surface area contributed by atoms with Crippen molar-refractivity contribution in [1.82, 2.24) is 0 Å². The second-order valence-corrected chi connectivity index (χ2v) is 3.78. The van der Waals surface area contributed by atoms with Crippen LogP contribution in [0.5, 0.6) is 0 Å². The molecule has 1 saturated heterocycles. The van der Waals surface area contributed by atoms with E-state index in [1.54, 1.807) is 0 Å². The van der Waals surface area contributed by atoms with E-state index in [0.717, 1.165) is 12.0 Å². The average molecular weight is 199 g/mol. The summed E-state index contributed by atoms with van der Waals surface area (Å²) in [5, 5.41) is 0.225. The Balaban J connectivity index is 2.01. The Kier molecular flexibility index (Phi) is 1.38. The van der Waals surface area contributed by atoms with Gasteiger partial charge in [-0.15, -0.1) is 0 Å². The normalized spacial score (nSPS) is 41.0. The van der Waals surface area contributed by atoms with E-state index in [-0.39, 0.29) is 23.3 Å². The third kappa shape index (κ3) is 1.04. The van der Waals surface area contributed by atoms with E-state index in [1.165, 1.54) is 0 Å². The van der Waals surface area contributed by atoms with Crippen molar-refractivity contribution in [3.8, 4) is 0 Å². The monoisotopic (exact) mass is 198 g/mol. The lowest BCUT2D eigenvalue weighted by Crippen LogP contribution is -2.13. The fourth-order valence-electron chi connectivity index (χ4n) is 1.78. The lowest BCUT2D eigenvalue weighted by atomic mass is 10.1. The summed E-state index contributed by atoms with van der Waals surface area (Å²) in [6.45, 7) is 0. The number of fused-ring (bicyclic) bond motifs is 2. The first-order valence-corrected chi connectivity index (χ1v) is 4.58. The van der Waals surface area contributed by atoms with Crippen LogP contribution in [0.15, 0.2) is 22.8 Å². The lowest BCUT2D eigenvalue weighted by molar-refractivity contribution is -0.139. The minimum atomic E-state index is -0.412. The molecule has 2 heterocycles. The minimum absolute atomic E-state index is 0.186. The zero-order chi connectivity index (χ0) is 9.00. The third-order valence-corrected chi connectivity index (χ3v) is 2.93. The SMILES string of the molecule is O=C1O[C@@H]2C[C@H]3O[C@H]3C=CC2=C1Cl. The molecule has 3 rings (SSSR count). The summed E-state index contributed by atoms with van der Waals surface area (Å²) >= 11 is 5.78. The van der Waals surface area contributed by atoms with Crippen molar-refractivity contribution in [2.75, 3.05) is 0 Å². The van der Waals surface area contributed by atoms with E-state index < -0.39 is 5.97 Å². The molecule has 2 aliphatic heterocycles. The van der Waals surface area contributed by atoms with Crippen molar-refractivity contribution >= 4 is 17.6 Å². The van der Waals surface area contributed by atoms with Crippen LogP contribution in [-0.2, 0) is 14.3 Å². The number of esters is 1. The van der Waals surface area contributed by atoms with Gasteiger partial charge < -0.3 is 9.47 Å². The minimum Gasteiger partial charge on any atom is -0.453 e. The first kappa shape index (κ1) is 7.59. The molecule has 0 N–H and O–H groups in total. The van der Waals surface area contributed by atoms with Gasteiger partial charge in [0, 0.05) is 12.0 Å². The molecule has 3 nitrogen and oxygen atoms in total. The van der Waals surface area contributed by atoms with Gasteiger partial charge in [0.15, 0.2) is 0 Å². The zero-order valence-electron chi connectivity index (χ0n) is 6.70. The fourth-order valence-corrected chi connectivity index (χ4v) is 2.01. The van der Waals surface area contributed by atoms with Crippen molar-refractivity contribution in [2.24, 2.45) is 0 Å². The Morgan fingerprint density at radius 1 is 1.54 bits per heavy atom. The number of epoxide rings is 1. The van der Waals surface area contributed by atoms with Gasteiger partial charge in [-0.05, 0) is 0 Å². The Labute approximate surface area is 80.0 Å². The molecule has 0 saturated carbocycles. The van der Waals surface area contributed by atoms with Crippen LogP contribution in [0.2, 0.25) is 0 Å². The van der Waals surface area contributed by atoms with E-state index >= 15 is 0 Å². The largest absolute Gasteiger partial charge is 0.453 e. The molecule has 0 aromatic heterocycles. The molecule has 1 fully saturated rings. The van der Waals surface area contributed by atoms with Crippen LogP contribution in [0.25, 0.3) is 0 Å². The topological polar surface area (TPSA) is 38.8 Å². The van der Waals surface area contributed by atoms with Gasteiger partial charge in [0.05, 0.1) is 6.10 Å². The summed E-state index contributed by atoms with van der Waals surface area (Å²) < 4.78 is 10.4. The first-order chi connectivity index (χ1) is 6.25. The molecule has 0 spiro atoms. The first-order valence-electron chi connectivity index (χ1n) is 4.20. The second-order valence-electron chi connectivity index (χ2n) is 3.40. The smallest absolute Gasteiger partial charge is 0.350 e. The summed E-state index contributed by atoms with van der Waals surface area (Å²) in [6.07, 6.45) is 4.75. The molecule has 0 aromatic carbocycles. The number of hydrogen-bond acceptors (Lipinski definition) is 3. The maximum atomic E-state index is 11.1. The molecule has 0 radical (unpaired) electrons. The van der Waals surface area contributed by atoms with Gasteiger partial charge in [-0.25, -0.2) is 4.79 Å². The van der Waals surface area contributed by atoms with Crippen LogP contribution < -0.4 is 0 Å². The van der Waals surface area contributed by atoms with Crippen LogP contribution in [0.1, 0.15) is 6.42 Å². The molecule has 1 aliphatic carbocycles. The Bertz CT molecular complexity index is 345. The van der Waals surface area contributed by atoms with Crippen molar-refractivity contribution in [1.29, 1.82) is 0 Å². The van der Waals surface area contributed by atoms with Gasteiger partial charge in [0.1, 0.15) is 17.2 Å². The summed E-state index contributed by atoms with van der Waals surface area (Å²) in [5.74, 6) is -0.412. The van der Waals surface area contributed by atoms with Crippen LogP contribution >= 0.6 is 11.6 Å². The Morgan fingerprint density at radius 2 is 2.38 bits per heavy atom. The van der Waals surface area contributed by atoms with E-state index in [2.05, 4.69) is 0 Å². The van der Waals surface area contributed by atoms with Gasteiger partial charge in [-0.3, -0.25) is 0 Å². The van der Waals surface area contributed by atoms with E-state index in [1.807, 2.05) is 12.2 Å². The van der Waals surface area contributed by atoms with Gasteiger partial charge in [0.2, 0.25) is 0 Å². The summed E-state index contributed by atoms with van der Waals surface area (Å²) in [7, 11) is 0. The quantitative estimate of drug-likeness (QED) is 0.433. The van der Waals surface area contributed by atoms with Crippen LogP contribution in [0.3, 0.4) is 0 Å². The predicted molar refractivity (Wildman–Crippen MR) is 45.2 cm³/mol. The molecule has 4 heteroatoms. The standard InChI is InChI=1S/C9H7ClO3/c10-8-4-1-2-5-7(12-5)3-6(4)13-9(8)11/h1-2,5-7H,3H2/t5-,6+,7+/m0/s1. The molecule has 68 valence electrons. The van der Waals surface area contributed by atoms with E-state index in [4.69, 9.17) is 21.1 Å². The van der Waals surface area contributed by atoms with Crippen molar-refractivity contribution in [3.05, 3.63) is 22.8 Å². The number of hydrogen-bond donors (Lipinski definition) is 0. The summed E-state index contributed by atoms with van der Waals surface area (Å²) in [5.41, 5.74) is 0.808. The number of carbonyl (C=O) groups is 1. The van der Waals surface area contributed by atoms with Gasteiger partial charge >= 0.3 is 5.97 Å². The Morgan fingerprint density at radius 3 is 3.23 bits per heavy atom. The summed E-state index contributed by atoms with van der Waals surface area (Å²) in [4.78, 5) is 11.1. The highest BCUT2D eigenvalue weighted by molar-refractivity contribution is 6.42. The van der Waals surface area contributed by atoms with Gasteiger partial charge in [0.25, 0.3) is 0 Å². The number of halogens is 1. The van der Waals surface area contributed by atoms with Crippen molar-refractivity contribution in [3.63, 3.8) is 0 Å². The molecule has 3 atom stereocenters. The highest BCUT2D eigenvalue weighted by Gasteiger charge is 2.45. The highest BCUT2D eigenvalue weighted by atomic mass is 35.5. The molecule has 0 amide bonds. The number of ether oxygens (including phenoxy) is 2. The molecule has 13 heavy (non-hydrogen) atoms. The van der Waals surface area contributed by atoms with Crippen LogP contribution in [-0.4, -0.2) is 24.3 Å². The molecule has 3 aliphatic rings. The molecule has 0 bridgehead atoms. The number of carbonyl (C=O) groups excluding carboxylic acids is 1. The predicted octanol–water partition coefficient (Wildman–Crippen LogP) is 1.13. The van der Waals surface area contributed by atoms with Gasteiger partial charge in [-0.1, -0.05) is 23.8 Å². The average Bonchev–Trinajstić information content (AvgIpc) is 2.76. The van der Waals surface area contributed by atoms with E-state index in [9.17, 15) is 4.79 Å². The van der Waals surface area contributed by atoms with Crippen LogP contribution in [0, 0.1) is 0 Å². The molecular formula is C9H7ClO3. The number of rotatable bonds is 0. The third-order valence-electron chi connectivity index (χ3n) is 2.56.